The number of carbonyl (C=O) groups is 1. The summed E-state index contributed by atoms with van der Waals surface area (Å²) in [5, 5.41) is 8.38. The van der Waals surface area contributed by atoms with Crippen LogP contribution in [0.25, 0.3) is 0 Å². The fourth-order valence-corrected chi connectivity index (χ4v) is 0.808. The second-order valence-electron chi connectivity index (χ2n) is 2.46. The van der Waals surface area contributed by atoms with Crippen LogP contribution in [0.5, 0.6) is 0 Å². The number of carboxylic acid groups (broad SMARTS) is 1. The Morgan fingerprint density at radius 3 is 1.87 bits per heavy atom. The number of hydrogen-bond acceptors (Lipinski definition) is 2. The SMILES string of the molecule is O=C(O)c1ccccc1.[H-].[Na+].c1ccoc1. The third-order valence-electron chi connectivity index (χ3n) is 1.45. The van der Waals surface area contributed by atoms with Gasteiger partial charge in [0, 0.05) is 0 Å². The van der Waals surface area contributed by atoms with Crippen molar-refractivity contribution in [2.24, 2.45) is 0 Å². The molecule has 0 spiro atoms. The zero-order valence-corrected chi connectivity index (χ0v) is 10.5. The first kappa shape index (κ1) is 14.0. The Morgan fingerprint density at radius 2 is 1.60 bits per heavy atom. The van der Waals surface area contributed by atoms with Crippen molar-refractivity contribution in [1.82, 2.24) is 0 Å². The largest absolute Gasteiger partial charge is 1.00 e. The zero-order chi connectivity index (χ0) is 10.2. The predicted octanol–water partition coefficient (Wildman–Crippen LogP) is -0.219. The number of furan rings is 1. The molecule has 15 heavy (non-hydrogen) atoms. The molecule has 0 atom stereocenters. The molecule has 1 heterocycles. The molecule has 2 aromatic rings. The topological polar surface area (TPSA) is 50.4 Å². The Hall–Kier alpha value is -1.03. The van der Waals surface area contributed by atoms with E-state index < -0.39 is 5.97 Å². The van der Waals surface area contributed by atoms with Crippen molar-refractivity contribution < 1.29 is 45.3 Å². The van der Waals surface area contributed by atoms with Crippen LogP contribution in [0.15, 0.2) is 59.4 Å². The molecule has 0 aliphatic carbocycles. The zero-order valence-electron chi connectivity index (χ0n) is 9.46. The van der Waals surface area contributed by atoms with Crippen LogP contribution in [0.3, 0.4) is 0 Å². The smallest absolute Gasteiger partial charge is 1.00 e. The van der Waals surface area contributed by atoms with Gasteiger partial charge in [-0.1, -0.05) is 18.2 Å². The summed E-state index contributed by atoms with van der Waals surface area (Å²) in [7, 11) is 0. The average molecular weight is 214 g/mol. The van der Waals surface area contributed by atoms with E-state index in [-0.39, 0.29) is 31.0 Å². The Bertz CT molecular complexity index is 345. The molecule has 0 saturated carbocycles. The molecule has 0 amide bonds. The van der Waals surface area contributed by atoms with E-state index in [1.165, 1.54) is 0 Å². The summed E-state index contributed by atoms with van der Waals surface area (Å²) < 4.78 is 4.58. The molecule has 2 rings (SSSR count). The molecule has 0 aliphatic heterocycles. The first-order chi connectivity index (χ1) is 6.80. The van der Waals surface area contributed by atoms with Crippen molar-refractivity contribution in [2.75, 3.05) is 0 Å². The Labute approximate surface area is 112 Å². The fraction of sp³-hybridized carbons (Fsp3) is 0. The van der Waals surface area contributed by atoms with Crippen LogP contribution in [0.2, 0.25) is 0 Å². The van der Waals surface area contributed by atoms with E-state index in [2.05, 4.69) is 4.42 Å². The van der Waals surface area contributed by atoms with Crippen LogP contribution >= 0.6 is 0 Å². The quantitative estimate of drug-likeness (QED) is 0.668. The minimum atomic E-state index is -0.879. The molecule has 74 valence electrons. The maximum Gasteiger partial charge on any atom is 1.00 e. The molecule has 1 N–H and O–H groups in total. The molecule has 0 radical (unpaired) electrons. The van der Waals surface area contributed by atoms with Crippen LogP contribution in [0, 0.1) is 0 Å². The number of hydrogen-bond donors (Lipinski definition) is 1. The average Bonchev–Trinajstić information content (AvgIpc) is 2.77. The molecule has 0 bridgehead atoms. The van der Waals surface area contributed by atoms with Gasteiger partial charge in [0.2, 0.25) is 0 Å². The monoisotopic (exact) mass is 214 g/mol. The van der Waals surface area contributed by atoms with E-state index >= 15 is 0 Å². The summed E-state index contributed by atoms with van der Waals surface area (Å²) >= 11 is 0. The van der Waals surface area contributed by atoms with Crippen LogP contribution < -0.4 is 29.6 Å². The van der Waals surface area contributed by atoms with Gasteiger partial charge in [-0.2, -0.15) is 0 Å². The molecule has 1 aromatic carbocycles. The summed E-state index contributed by atoms with van der Waals surface area (Å²) in [4.78, 5) is 10.2. The summed E-state index contributed by atoms with van der Waals surface area (Å²) in [6.07, 6.45) is 3.25. The van der Waals surface area contributed by atoms with Gasteiger partial charge in [0.05, 0.1) is 18.1 Å². The second kappa shape index (κ2) is 8.29. The summed E-state index contributed by atoms with van der Waals surface area (Å²) in [5.41, 5.74) is 0.331. The van der Waals surface area contributed by atoms with Crippen LogP contribution in [0.1, 0.15) is 11.8 Å². The van der Waals surface area contributed by atoms with Gasteiger partial charge < -0.3 is 11.0 Å². The molecular formula is C11H11NaO3. The van der Waals surface area contributed by atoms with Crippen molar-refractivity contribution in [3.8, 4) is 0 Å². The maximum atomic E-state index is 10.2. The maximum absolute atomic E-state index is 10.2. The van der Waals surface area contributed by atoms with Gasteiger partial charge in [-0.05, 0) is 24.3 Å². The van der Waals surface area contributed by atoms with E-state index in [1.807, 2.05) is 12.1 Å². The van der Waals surface area contributed by atoms with E-state index in [1.54, 1.807) is 42.9 Å². The molecule has 0 saturated heterocycles. The molecule has 0 fully saturated rings. The number of aromatic carboxylic acids is 1. The van der Waals surface area contributed by atoms with Gasteiger partial charge in [-0.3, -0.25) is 0 Å². The van der Waals surface area contributed by atoms with Gasteiger partial charge in [0.25, 0.3) is 0 Å². The van der Waals surface area contributed by atoms with Crippen molar-refractivity contribution in [3.05, 3.63) is 60.6 Å². The van der Waals surface area contributed by atoms with E-state index in [4.69, 9.17) is 5.11 Å². The van der Waals surface area contributed by atoms with E-state index in [0.717, 1.165) is 0 Å². The van der Waals surface area contributed by atoms with Crippen molar-refractivity contribution in [3.63, 3.8) is 0 Å². The third-order valence-corrected chi connectivity index (χ3v) is 1.45. The van der Waals surface area contributed by atoms with Crippen molar-refractivity contribution >= 4 is 5.97 Å². The van der Waals surface area contributed by atoms with Crippen molar-refractivity contribution in [1.29, 1.82) is 0 Å². The van der Waals surface area contributed by atoms with Gasteiger partial charge in [-0.25, -0.2) is 4.79 Å². The third kappa shape index (κ3) is 6.12. The van der Waals surface area contributed by atoms with Crippen molar-refractivity contribution in [2.45, 2.75) is 0 Å². The minimum absolute atomic E-state index is 0. The number of benzene rings is 1. The predicted molar refractivity (Wildman–Crippen MR) is 53.2 cm³/mol. The fourth-order valence-electron chi connectivity index (χ4n) is 0.808. The van der Waals surface area contributed by atoms with E-state index in [0.29, 0.717) is 5.56 Å². The van der Waals surface area contributed by atoms with E-state index in [9.17, 15) is 4.79 Å². The molecule has 0 aliphatic rings. The first-order valence-electron chi connectivity index (χ1n) is 4.06. The van der Waals surface area contributed by atoms with Gasteiger partial charge in [-0.15, -0.1) is 0 Å². The van der Waals surface area contributed by atoms with Gasteiger partial charge in [0.15, 0.2) is 0 Å². The Morgan fingerprint density at radius 1 is 1.07 bits per heavy atom. The van der Waals surface area contributed by atoms with Crippen LogP contribution in [-0.4, -0.2) is 11.1 Å². The van der Waals surface area contributed by atoms with Crippen LogP contribution in [0.4, 0.5) is 0 Å². The summed E-state index contributed by atoms with van der Waals surface area (Å²) in [6.45, 7) is 0. The first-order valence-corrected chi connectivity index (χ1v) is 4.06. The Kier molecular flexibility index (Phi) is 7.72. The van der Waals surface area contributed by atoms with Gasteiger partial charge >= 0.3 is 35.5 Å². The normalized spacial score (nSPS) is 8.00. The second-order valence-corrected chi connectivity index (χ2v) is 2.46. The molecular weight excluding hydrogens is 203 g/mol. The summed E-state index contributed by atoms with van der Waals surface area (Å²) in [5.74, 6) is -0.879. The molecule has 0 unspecified atom stereocenters. The minimum Gasteiger partial charge on any atom is -1.00 e. The molecule has 4 heteroatoms. The van der Waals surface area contributed by atoms with Crippen LogP contribution in [-0.2, 0) is 0 Å². The Balaban J connectivity index is 0. The number of carboxylic acids is 1. The molecule has 3 nitrogen and oxygen atoms in total. The summed E-state index contributed by atoms with van der Waals surface area (Å²) in [6, 6.07) is 12.0. The number of rotatable bonds is 1. The molecule has 1 aromatic heterocycles. The van der Waals surface area contributed by atoms with Gasteiger partial charge in [0.1, 0.15) is 0 Å². The standard InChI is InChI=1S/C7H6O2.C4H4O.Na.H/c8-7(9)6-4-2-1-3-5-6;1-2-4-5-3-1;;/h1-5H,(H,8,9);1-4H;;/q;;+1;-1.